The van der Waals surface area contributed by atoms with Crippen molar-refractivity contribution in [1.82, 2.24) is 15.2 Å². The van der Waals surface area contributed by atoms with Gasteiger partial charge >= 0.3 is 12.4 Å². The van der Waals surface area contributed by atoms with E-state index in [1.54, 1.807) is 0 Å². The maximum absolute atomic E-state index is 13.8. The SMILES string of the molecule is Nc1cc(C(F)(F)F)c2nc1-c1nnc(o1)[C@@](O)(C(F)(F)F)CCCCCC(c1ccc(F)cc1)N2. The van der Waals surface area contributed by atoms with Crippen molar-refractivity contribution in [3.8, 4) is 11.6 Å². The first-order chi connectivity index (χ1) is 16.8. The van der Waals surface area contributed by atoms with E-state index in [-0.39, 0.29) is 25.7 Å². The molecule has 2 atom stereocenters. The van der Waals surface area contributed by atoms with Crippen LogP contribution in [-0.2, 0) is 11.8 Å². The number of nitrogens with two attached hydrogens (primary N) is 1. The van der Waals surface area contributed by atoms with Gasteiger partial charge in [0, 0.05) is 0 Å². The number of fused-ring (bicyclic) bond motifs is 5. The molecule has 0 saturated heterocycles. The molecule has 3 heterocycles. The standard InChI is InChI=1S/C22H20F7N5O2/c23-12-7-5-11(6-8-12)15-4-2-1-3-9-20(35,22(27,28)29)19-34-33-18(36-19)16-14(30)10-13(21(24,25)26)17(31-15)32-16/h5-8,10,15,35H,1-4,9,30H2,(H,31,32)/t15?,20-/m1/s1. The number of alkyl halides is 6. The average molecular weight is 519 g/mol. The van der Waals surface area contributed by atoms with Gasteiger partial charge in [0.05, 0.1) is 17.3 Å². The van der Waals surface area contributed by atoms with Crippen molar-refractivity contribution in [2.75, 3.05) is 11.1 Å². The van der Waals surface area contributed by atoms with Gasteiger partial charge in [0.2, 0.25) is 5.60 Å². The second kappa shape index (κ2) is 9.22. The van der Waals surface area contributed by atoms with Crippen LogP contribution in [-0.4, -0.2) is 26.5 Å². The van der Waals surface area contributed by atoms with Gasteiger partial charge in [-0.15, -0.1) is 10.2 Å². The van der Waals surface area contributed by atoms with Gasteiger partial charge in [-0.25, -0.2) is 9.37 Å². The smallest absolute Gasteiger partial charge is 0.416 e. The Morgan fingerprint density at radius 3 is 2.36 bits per heavy atom. The van der Waals surface area contributed by atoms with Crippen LogP contribution in [0, 0.1) is 5.82 Å². The Labute approximate surface area is 199 Å². The Hall–Kier alpha value is -3.42. The number of nitrogen functional groups attached to an aromatic ring is 1. The zero-order chi connectivity index (χ0) is 26.3. The minimum atomic E-state index is -5.17. The number of halogens is 7. The van der Waals surface area contributed by atoms with Crippen LogP contribution in [0.5, 0.6) is 0 Å². The van der Waals surface area contributed by atoms with Crippen LogP contribution < -0.4 is 11.1 Å². The predicted octanol–water partition coefficient (Wildman–Crippen LogP) is 5.74. The van der Waals surface area contributed by atoms with Crippen molar-refractivity contribution in [2.45, 2.75) is 56.1 Å². The third-order valence-corrected chi connectivity index (χ3v) is 5.92. The highest BCUT2D eigenvalue weighted by Crippen LogP contribution is 2.44. The molecule has 0 aliphatic carbocycles. The van der Waals surface area contributed by atoms with E-state index >= 15 is 0 Å². The number of aromatic nitrogens is 3. The van der Waals surface area contributed by atoms with Gasteiger partial charge in [0.1, 0.15) is 11.6 Å². The van der Waals surface area contributed by atoms with Crippen molar-refractivity contribution < 1.29 is 40.3 Å². The minimum Gasteiger partial charge on any atom is -0.416 e. The second-order valence-corrected chi connectivity index (χ2v) is 8.44. The molecule has 3 aromatic rings. The molecule has 4 N–H and O–H groups in total. The Kier molecular flexibility index (Phi) is 6.58. The minimum absolute atomic E-state index is 0.108. The highest BCUT2D eigenvalue weighted by molar-refractivity contribution is 5.71. The Bertz CT molecular complexity index is 1230. The maximum atomic E-state index is 13.8. The number of anilines is 2. The van der Waals surface area contributed by atoms with E-state index in [1.165, 1.54) is 12.1 Å². The summed E-state index contributed by atoms with van der Waals surface area (Å²) in [5, 5.41) is 19.9. The van der Waals surface area contributed by atoms with Crippen LogP contribution in [0.25, 0.3) is 11.6 Å². The number of pyridine rings is 1. The van der Waals surface area contributed by atoms with E-state index in [4.69, 9.17) is 10.2 Å². The van der Waals surface area contributed by atoms with Crippen molar-refractivity contribution in [1.29, 1.82) is 0 Å². The van der Waals surface area contributed by atoms with Crippen molar-refractivity contribution in [3.63, 3.8) is 0 Å². The summed E-state index contributed by atoms with van der Waals surface area (Å²) in [6, 6.07) is 4.79. The van der Waals surface area contributed by atoms with Gasteiger partial charge in [-0.2, -0.15) is 26.3 Å². The van der Waals surface area contributed by atoms with Gasteiger partial charge in [-0.3, -0.25) is 0 Å². The molecule has 1 unspecified atom stereocenters. The van der Waals surface area contributed by atoms with Gasteiger partial charge < -0.3 is 20.6 Å². The molecular formula is C22H20F7N5O2. The van der Waals surface area contributed by atoms with Crippen molar-refractivity contribution in [3.05, 3.63) is 53.2 Å². The summed E-state index contributed by atoms with van der Waals surface area (Å²) in [7, 11) is 0. The van der Waals surface area contributed by atoms with Crippen LogP contribution in [0.15, 0.2) is 34.7 Å². The number of nitrogens with zero attached hydrogens (tertiary/aromatic N) is 3. The summed E-state index contributed by atoms with van der Waals surface area (Å²) in [5.41, 5.74) is 0.398. The van der Waals surface area contributed by atoms with Crippen molar-refractivity contribution >= 4 is 11.5 Å². The Balaban J connectivity index is 1.87. The molecule has 14 heteroatoms. The zero-order valence-corrected chi connectivity index (χ0v) is 18.4. The molecular weight excluding hydrogens is 499 g/mol. The third kappa shape index (κ3) is 4.94. The van der Waals surface area contributed by atoms with E-state index in [1.807, 2.05) is 0 Å². The number of nitrogens with one attached hydrogen (secondary N) is 1. The summed E-state index contributed by atoms with van der Waals surface area (Å²) in [5.74, 6) is -3.09. The molecule has 1 aromatic carbocycles. The lowest BCUT2D eigenvalue weighted by atomic mass is 9.93. The molecule has 0 saturated carbocycles. The topological polar surface area (TPSA) is 110 Å². The van der Waals surface area contributed by atoms with Crippen LogP contribution in [0.1, 0.15) is 55.2 Å². The van der Waals surface area contributed by atoms with E-state index < -0.39 is 70.8 Å². The Morgan fingerprint density at radius 1 is 1.03 bits per heavy atom. The monoisotopic (exact) mass is 519 g/mol. The van der Waals surface area contributed by atoms with E-state index in [0.29, 0.717) is 11.6 Å². The largest absolute Gasteiger partial charge is 0.426 e. The molecule has 7 nitrogen and oxygen atoms in total. The Morgan fingerprint density at radius 2 is 1.72 bits per heavy atom. The van der Waals surface area contributed by atoms with Crippen LogP contribution in [0.4, 0.5) is 42.2 Å². The summed E-state index contributed by atoms with van der Waals surface area (Å²) in [4.78, 5) is 3.89. The van der Waals surface area contributed by atoms with Gasteiger partial charge in [-0.05, 0) is 43.0 Å². The van der Waals surface area contributed by atoms with Gasteiger partial charge in [-0.1, -0.05) is 25.0 Å². The first-order valence-electron chi connectivity index (χ1n) is 10.8. The summed E-state index contributed by atoms with van der Waals surface area (Å²) in [6.07, 6.45) is -10.3. The predicted molar refractivity (Wildman–Crippen MR) is 113 cm³/mol. The van der Waals surface area contributed by atoms with Gasteiger partial charge in [0.25, 0.3) is 11.8 Å². The molecule has 4 rings (SSSR count). The number of hydrogen-bond donors (Lipinski definition) is 3. The first-order valence-corrected chi connectivity index (χ1v) is 10.8. The number of hydrogen-bond acceptors (Lipinski definition) is 7. The van der Waals surface area contributed by atoms with Gasteiger partial charge in [0.15, 0.2) is 5.69 Å². The molecule has 4 bridgehead atoms. The maximum Gasteiger partial charge on any atom is 0.426 e. The second-order valence-electron chi connectivity index (χ2n) is 8.44. The first kappa shape index (κ1) is 25.7. The number of aliphatic hydroxyl groups is 1. The lowest BCUT2D eigenvalue weighted by Crippen LogP contribution is -2.42. The van der Waals surface area contributed by atoms with Crippen LogP contribution in [0.2, 0.25) is 0 Å². The highest BCUT2D eigenvalue weighted by atomic mass is 19.4. The molecule has 2 aromatic heterocycles. The molecule has 0 fully saturated rings. The average Bonchev–Trinajstić information content (AvgIpc) is 3.28. The molecule has 194 valence electrons. The number of rotatable bonds is 1. The summed E-state index contributed by atoms with van der Waals surface area (Å²) >= 11 is 0. The molecule has 0 radical (unpaired) electrons. The fourth-order valence-corrected chi connectivity index (χ4v) is 3.97. The molecule has 36 heavy (non-hydrogen) atoms. The fourth-order valence-electron chi connectivity index (χ4n) is 3.97. The summed E-state index contributed by atoms with van der Waals surface area (Å²) in [6.45, 7) is 0. The van der Waals surface area contributed by atoms with Crippen LogP contribution in [0.3, 0.4) is 0 Å². The number of benzene rings is 1. The van der Waals surface area contributed by atoms with Crippen LogP contribution >= 0.6 is 0 Å². The van der Waals surface area contributed by atoms with E-state index in [2.05, 4.69) is 20.5 Å². The van der Waals surface area contributed by atoms with E-state index in [0.717, 1.165) is 12.1 Å². The highest BCUT2D eigenvalue weighted by Gasteiger charge is 2.58. The van der Waals surface area contributed by atoms with Crippen molar-refractivity contribution in [2.24, 2.45) is 0 Å². The molecule has 1 aliphatic rings. The quantitative estimate of drug-likeness (QED) is 0.352. The lowest BCUT2D eigenvalue weighted by molar-refractivity contribution is -0.277. The molecule has 1 aliphatic heterocycles. The molecule has 0 amide bonds. The third-order valence-electron chi connectivity index (χ3n) is 5.92. The fraction of sp³-hybridized carbons (Fsp3) is 0.409. The normalized spacial score (nSPS) is 21.5. The zero-order valence-electron chi connectivity index (χ0n) is 18.4. The summed E-state index contributed by atoms with van der Waals surface area (Å²) < 4.78 is 101. The molecule has 0 spiro atoms. The lowest BCUT2D eigenvalue weighted by Gasteiger charge is -2.27. The van der Waals surface area contributed by atoms with E-state index in [9.17, 15) is 35.8 Å².